The average Bonchev–Trinajstić information content (AvgIpc) is 3.02. The van der Waals surface area contributed by atoms with E-state index in [0.29, 0.717) is 18.2 Å². The van der Waals surface area contributed by atoms with Crippen LogP contribution in [0.1, 0.15) is 27.2 Å². The SMILES string of the molecule is CC(C)(C)[Si](C)(C)OCCN1CCC=C(C(=O)Nn2ccc3cc(Cl)ccc32)C1. The van der Waals surface area contributed by atoms with Gasteiger partial charge >= 0.3 is 0 Å². The molecule has 0 saturated carbocycles. The van der Waals surface area contributed by atoms with Crippen molar-refractivity contribution in [2.75, 3.05) is 31.7 Å². The average molecular weight is 434 g/mol. The molecule has 2 heterocycles. The van der Waals surface area contributed by atoms with Gasteiger partial charge in [0.25, 0.3) is 5.91 Å². The van der Waals surface area contributed by atoms with Gasteiger partial charge in [-0.1, -0.05) is 38.4 Å². The summed E-state index contributed by atoms with van der Waals surface area (Å²) < 4.78 is 8.06. The Hall–Kier alpha value is -1.60. The summed E-state index contributed by atoms with van der Waals surface area (Å²) in [4.78, 5) is 15.1. The van der Waals surface area contributed by atoms with E-state index in [1.165, 1.54) is 0 Å². The zero-order valence-electron chi connectivity index (χ0n) is 18.1. The van der Waals surface area contributed by atoms with Gasteiger partial charge in [-0.25, -0.2) is 0 Å². The standard InChI is InChI=1S/C22H32ClN3O2Si/c1-22(2,3)29(4,5)28-14-13-25-11-6-7-18(16-25)21(27)24-26-12-10-17-15-19(23)8-9-20(17)26/h7-10,12,15H,6,11,13-14,16H2,1-5H3,(H,24,27). The number of hydrogen-bond donors (Lipinski definition) is 1. The largest absolute Gasteiger partial charge is 0.416 e. The molecule has 1 aromatic carbocycles. The lowest BCUT2D eigenvalue weighted by Gasteiger charge is -2.37. The Balaban J connectivity index is 1.56. The molecule has 1 amide bonds. The maximum Gasteiger partial charge on any atom is 0.267 e. The molecular weight excluding hydrogens is 402 g/mol. The maximum atomic E-state index is 12.8. The molecule has 5 nitrogen and oxygen atoms in total. The maximum absolute atomic E-state index is 12.8. The third-order valence-corrected chi connectivity index (χ3v) is 10.8. The fourth-order valence-corrected chi connectivity index (χ4v) is 4.41. The van der Waals surface area contributed by atoms with Crippen LogP contribution in [0.15, 0.2) is 42.1 Å². The number of fused-ring (bicyclic) bond motifs is 1. The van der Waals surface area contributed by atoms with E-state index in [9.17, 15) is 4.79 Å². The van der Waals surface area contributed by atoms with Gasteiger partial charge in [0.15, 0.2) is 8.32 Å². The summed E-state index contributed by atoms with van der Waals surface area (Å²) in [5.74, 6) is -0.0625. The number of benzene rings is 1. The Labute approximate surface area is 179 Å². The first-order chi connectivity index (χ1) is 13.6. The summed E-state index contributed by atoms with van der Waals surface area (Å²) in [6.07, 6.45) is 4.78. The molecule has 0 bridgehead atoms. The van der Waals surface area contributed by atoms with Gasteiger partial charge in [0, 0.05) is 48.4 Å². The molecule has 0 spiro atoms. The fraction of sp³-hybridized carbons (Fsp3) is 0.500. The van der Waals surface area contributed by atoms with Crippen LogP contribution in [0.5, 0.6) is 0 Å². The number of rotatable bonds is 6. The molecule has 0 saturated heterocycles. The predicted octanol–water partition coefficient (Wildman–Crippen LogP) is 5.02. The van der Waals surface area contributed by atoms with Crippen molar-refractivity contribution in [3.8, 4) is 0 Å². The second-order valence-electron chi connectivity index (χ2n) is 9.23. The smallest absolute Gasteiger partial charge is 0.267 e. The summed E-state index contributed by atoms with van der Waals surface area (Å²) >= 11 is 6.05. The molecule has 158 valence electrons. The van der Waals surface area contributed by atoms with Crippen molar-refractivity contribution in [2.45, 2.75) is 45.3 Å². The van der Waals surface area contributed by atoms with E-state index in [1.54, 1.807) is 4.68 Å². The number of halogens is 1. The number of nitrogens with zero attached hydrogens (tertiary/aromatic N) is 2. The molecule has 3 rings (SSSR count). The lowest BCUT2D eigenvalue weighted by molar-refractivity contribution is -0.114. The van der Waals surface area contributed by atoms with Crippen LogP contribution in [0.3, 0.4) is 0 Å². The predicted molar refractivity (Wildman–Crippen MR) is 124 cm³/mol. The fourth-order valence-electron chi connectivity index (χ4n) is 3.20. The van der Waals surface area contributed by atoms with Crippen molar-refractivity contribution < 1.29 is 9.22 Å². The van der Waals surface area contributed by atoms with Crippen molar-refractivity contribution in [1.82, 2.24) is 9.58 Å². The van der Waals surface area contributed by atoms with Gasteiger partial charge in [-0.2, -0.15) is 0 Å². The molecule has 0 fully saturated rings. The van der Waals surface area contributed by atoms with E-state index in [1.807, 2.05) is 36.5 Å². The number of carbonyl (C=O) groups is 1. The highest BCUT2D eigenvalue weighted by Gasteiger charge is 2.37. The van der Waals surface area contributed by atoms with E-state index in [0.717, 1.165) is 36.0 Å². The van der Waals surface area contributed by atoms with Gasteiger partial charge in [-0.15, -0.1) is 0 Å². The minimum atomic E-state index is -1.73. The summed E-state index contributed by atoms with van der Waals surface area (Å²) in [5.41, 5.74) is 4.72. The number of amides is 1. The molecule has 0 unspecified atom stereocenters. The minimum Gasteiger partial charge on any atom is -0.416 e. The summed E-state index contributed by atoms with van der Waals surface area (Å²) in [5, 5.41) is 1.90. The molecule has 29 heavy (non-hydrogen) atoms. The van der Waals surface area contributed by atoms with Crippen LogP contribution >= 0.6 is 11.6 Å². The first-order valence-electron chi connectivity index (χ1n) is 10.2. The minimum absolute atomic E-state index is 0.0625. The topological polar surface area (TPSA) is 46.5 Å². The molecule has 0 radical (unpaired) electrons. The van der Waals surface area contributed by atoms with Gasteiger partial charge in [0.05, 0.1) is 5.52 Å². The number of aromatic nitrogens is 1. The van der Waals surface area contributed by atoms with Gasteiger partial charge < -0.3 is 4.43 Å². The van der Waals surface area contributed by atoms with Crippen LogP contribution in [-0.2, 0) is 9.22 Å². The molecular formula is C22H32ClN3O2Si. The molecule has 1 N–H and O–H groups in total. The molecule has 0 atom stereocenters. The third-order valence-electron chi connectivity index (χ3n) is 6.07. The zero-order valence-corrected chi connectivity index (χ0v) is 19.8. The van der Waals surface area contributed by atoms with Crippen molar-refractivity contribution in [2.24, 2.45) is 0 Å². The van der Waals surface area contributed by atoms with Crippen molar-refractivity contribution in [3.63, 3.8) is 0 Å². The molecule has 1 aromatic heterocycles. The highest BCUT2D eigenvalue weighted by molar-refractivity contribution is 6.74. The number of nitrogens with one attached hydrogen (secondary N) is 1. The first-order valence-corrected chi connectivity index (χ1v) is 13.5. The summed E-state index contributed by atoms with van der Waals surface area (Å²) in [6.45, 7) is 14.5. The van der Waals surface area contributed by atoms with Crippen molar-refractivity contribution in [3.05, 3.63) is 47.1 Å². The molecule has 1 aliphatic heterocycles. The van der Waals surface area contributed by atoms with Crippen molar-refractivity contribution >= 4 is 36.7 Å². The lowest BCUT2D eigenvalue weighted by Crippen LogP contribution is -2.43. The second kappa shape index (κ2) is 8.64. The van der Waals surface area contributed by atoms with E-state index in [4.69, 9.17) is 16.0 Å². The van der Waals surface area contributed by atoms with Crippen LogP contribution in [0.4, 0.5) is 0 Å². The van der Waals surface area contributed by atoms with Crippen LogP contribution in [-0.4, -0.2) is 50.0 Å². The first kappa shape index (κ1) is 22.1. The Morgan fingerprint density at radius 2 is 2.03 bits per heavy atom. The Kier molecular flexibility index (Phi) is 6.58. The molecule has 2 aromatic rings. The van der Waals surface area contributed by atoms with Gasteiger partial charge in [0.2, 0.25) is 0 Å². The molecule has 0 aliphatic carbocycles. The van der Waals surface area contributed by atoms with E-state index in [2.05, 4.69) is 44.2 Å². The van der Waals surface area contributed by atoms with E-state index in [-0.39, 0.29) is 10.9 Å². The van der Waals surface area contributed by atoms with Gasteiger partial charge in [-0.05, 0) is 48.8 Å². The summed E-state index contributed by atoms with van der Waals surface area (Å²) in [6, 6.07) is 7.58. The van der Waals surface area contributed by atoms with Gasteiger partial charge in [0.1, 0.15) is 0 Å². The summed E-state index contributed by atoms with van der Waals surface area (Å²) in [7, 11) is -1.73. The van der Waals surface area contributed by atoms with Gasteiger partial charge in [-0.3, -0.25) is 19.8 Å². The molecule has 1 aliphatic rings. The normalized spacial score (nSPS) is 16.1. The number of carbonyl (C=O) groups excluding carboxylic acids is 1. The zero-order chi connectivity index (χ0) is 21.2. The highest BCUT2D eigenvalue weighted by Crippen LogP contribution is 2.36. The monoisotopic (exact) mass is 433 g/mol. The van der Waals surface area contributed by atoms with Crippen LogP contribution in [0.2, 0.25) is 23.2 Å². The van der Waals surface area contributed by atoms with E-state index >= 15 is 0 Å². The third kappa shape index (κ3) is 5.31. The Morgan fingerprint density at radius 1 is 1.28 bits per heavy atom. The highest BCUT2D eigenvalue weighted by atomic mass is 35.5. The number of hydrogen-bond acceptors (Lipinski definition) is 3. The van der Waals surface area contributed by atoms with Crippen LogP contribution in [0, 0.1) is 0 Å². The van der Waals surface area contributed by atoms with E-state index < -0.39 is 8.32 Å². The lowest BCUT2D eigenvalue weighted by atomic mass is 10.1. The van der Waals surface area contributed by atoms with Crippen LogP contribution < -0.4 is 5.43 Å². The Morgan fingerprint density at radius 3 is 2.76 bits per heavy atom. The molecule has 7 heteroatoms. The van der Waals surface area contributed by atoms with Crippen molar-refractivity contribution in [1.29, 1.82) is 0 Å². The van der Waals surface area contributed by atoms with Crippen LogP contribution in [0.25, 0.3) is 10.9 Å². The quantitative estimate of drug-likeness (QED) is 0.650. The second-order valence-corrected chi connectivity index (χ2v) is 14.5. The Bertz CT molecular complexity index is 914.